The predicted octanol–water partition coefficient (Wildman–Crippen LogP) is 5.90. The molecule has 0 aliphatic heterocycles. The first-order valence-electron chi connectivity index (χ1n) is 9.04. The van der Waals surface area contributed by atoms with E-state index in [-0.39, 0.29) is 17.6 Å². The molecule has 3 rings (SSSR count). The minimum Gasteiger partial charge on any atom is -0.451 e. The molecule has 0 atom stereocenters. The Morgan fingerprint density at radius 1 is 0.964 bits per heavy atom. The summed E-state index contributed by atoms with van der Waals surface area (Å²) in [5.74, 6) is 0.388. The molecule has 3 aromatic rings. The van der Waals surface area contributed by atoms with E-state index in [1.807, 2.05) is 32.0 Å². The van der Waals surface area contributed by atoms with E-state index in [9.17, 15) is 9.59 Å². The summed E-state index contributed by atoms with van der Waals surface area (Å²) in [5, 5.41) is 6.23. The minimum absolute atomic E-state index is 0.0291. The molecule has 5 nitrogen and oxygen atoms in total. The zero-order valence-corrected chi connectivity index (χ0v) is 16.5. The van der Waals surface area contributed by atoms with Crippen molar-refractivity contribution in [2.75, 3.05) is 10.6 Å². The van der Waals surface area contributed by atoms with Crippen LogP contribution in [0.1, 0.15) is 35.9 Å². The van der Waals surface area contributed by atoms with Gasteiger partial charge in [0.1, 0.15) is 5.76 Å². The number of hydrogen-bond donors (Lipinski definition) is 2. The fourth-order valence-electron chi connectivity index (χ4n) is 2.64. The van der Waals surface area contributed by atoms with Crippen LogP contribution >= 0.6 is 11.6 Å². The Bertz CT molecular complexity index is 993. The molecule has 2 N–H and O–H groups in total. The first kappa shape index (κ1) is 19.7. The van der Waals surface area contributed by atoms with Gasteiger partial charge in [-0.3, -0.25) is 9.59 Å². The Labute approximate surface area is 168 Å². The van der Waals surface area contributed by atoms with E-state index in [4.69, 9.17) is 16.0 Å². The van der Waals surface area contributed by atoms with Crippen LogP contribution in [0.3, 0.4) is 0 Å². The highest BCUT2D eigenvalue weighted by atomic mass is 35.5. The summed E-state index contributed by atoms with van der Waals surface area (Å²) in [4.78, 5) is 24.0. The van der Waals surface area contributed by atoms with Crippen LogP contribution in [0.25, 0.3) is 11.3 Å². The van der Waals surface area contributed by atoms with Crippen LogP contribution in [0.15, 0.2) is 59.0 Å². The van der Waals surface area contributed by atoms with Crippen molar-refractivity contribution >= 4 is 34.8 Å². The molecule has 0 fully saturated rings. The number of carbonyl (C=O) groups is 2. The van der Waals surface area contributed by atoms with Crippen LogP contribution in [0.2, 0.25) is 5.02 Å². The summed E-state index contributed by atoms with van der Waals surface area (Å²) in [6.07, 6.45) is 1.27. The monoisotopic (exact) mass is 396 g/mol. The lowest BCUT2D eigenvalue weighted by Gasteiger charge is -2.07. The van der Waals surface area contributed by atoms with Gasteiger partial charge in [0.2, 0.25) is 5.91 Å². The molecular formula is C22H21ClN2O3. The van der Waals surface area contributed by atoms with Gasteiger partial charge in [-0.25, -0.2) is 0 Å². The van der Waals surface area contributed by atoms with Crippen LogP contribution in [-0.2, 0) is 4.79 Å². The summed E-state index contributed by atoms with van der Waals surface area (Å²) < 4.78 is 5.67. The van der Waals surface area contributed by atoms with E-state index in [0.29, 0.717) is 28.6 Å². The van der Waals surface area contributed by atoms with Gasteiger partial charge in [0.05, 0.1) is 0 Å². The second-order valence-corrected chi connectivity index (χ2v) is 6.86. The zero-order chi connectivity index (χ0) is 20.1. The normalized spacial score (nSPS) is 10.5. The molecule has 1 heterocycles. The third-order valence-corrected chi connectivity index (χ3v) is 4.60. The van der Waals surface area contributed by atoms with Crippen molar-refractivity contribution in [1.29, 1.82) is 0 Å². The maximum atomic E-state index is 12.4. The molecule has 0 saturated heterocycles. The highest BCUT2D eigenvalue weighted by Gasteiger charge is 2.13. The molecule has 0 aliphatic carbocycles. The highest BCUT2D eigenvalue weighted by molar-refractivity contribution is 6.31. The molecule has 0 aliphatic rings. The molecule has 0 saturated carbocycles. The van der Waals surface area contributed by atoms with Crippen LogP contribution in [0.5, 0.6) is 0 Å². The van der Waals surface area contributed by atoms with Crippen molar-refractivity contribution < 1.29 is 14.0 Å². The summed E-state index contributed by atoms with van der Waals surface area (Å²) in [6.45, 7) is 3.87. The van der Waals surface area contributed by atoms with Crippen molar-refractivity contribution in [3.63, 3.8) is 0 Å². The molecular weight excluding hydrogens is 376 g/mol. The predicted molar refractivity (Wildman–Crippen MR) is 112 cm³/mol. The number of anilines is 2. The van der Waals surface area contributed by atoms with Crippen molar-refractivity contribution in [2.24, 2.45) is 0 Å². The lowest BCUT2D eigenvalue weighted by Crippen LogP contribution is -2.12. The molecule has 0 radical (unpaired) electrons. The fourth-order valence-corrected chi connectivity index (χ4v) is 2.82. The molecule has 6 heteroatoms. The van der Waals surface area contributed by atoms with E-state index in [2.05, 4.69) is 10.6 Å². The van der Waals surface area contributed by atoms with Crippen LogP contribution in [0.4, 0.5) is 11.4 Å². The smallest absolute Gasteiger partial charge is 0.291 e. The number of rotatable bonds is 6. The Hall–Kier alpha value is -3.05. The van der Waals surface area contributed by atoms with Gasteiger partial charge in [-0.05, 0) is 61.4 Å². The number of aryl methyl sites for hydroxylation is 1. The van der Waals surface area contributed by atoms with Crippen LogP contribution in [-0.4, -0.2) is 11.8 Å². The van der Waals surface area contributed by atoms with E-state index in [1.165, 1.54) is 0 Å². The SMILES string of the molecule is CCCC(=O)Nc1ccc(NC(=O)c2ccc(-c3ccc(C)c(Cl)c3)o2)cc1. The maximum absolute atomic E-state index is 12.4. The first-order chi connectivity index (χ1) is 13.5. The number of amides is 2. The average Bonchev–Trinajstić information content (AvgIpc) is 3.16. The number of furan rings is 1. The highest BCUT2D eigenvalue weighted by Crippen LogP contribution is 2.27. The Balaban J connectivity index is 1.66. The van der Waals surface area contributed by atoms with Gasteiger partial charge in [-0.2, -0.15) is 0 Å². The van der Waals surface area contributed by atoms with Gasteiger partial charge in [0.25, 0.3) is 5.91 Å². The number of halogens is 1. The molecule has 1 aromatic heterocycles. The molecule has 0 unspecified atom stereocenters. The van der Waals surface area contributed by atoms with Crippen molar-refractivity contribution in [1.82, 2.24) is 0 Å². The average molecular weight is 397 g/mol. The van der Waals surface area contributed by atoms with Crippen molar-refractivity contribution in [3.8, 4) is 11.3 Å². The van der Waals surface area contributed by atoms with Gasteiger partial charge >= 0.3 is 0 Å². The Kier molecular flexibility index (Phi) is 6.16. The van der Waals surface area contributed by atoms with E-state index >= 15 is 0 Å². The van der Waals surface area contributed by atoms with E-state index < -0.39 is 0 Å². The maximum Gasteiger partial charge on any atom is 0.291 e. The third-order valence-electron chi connectivity index (χ3n) is 4.19. The van der Waals surface area contributed by atoms with E-state index in [1.54, 1.807) is 36.4 Å². The van der Waals surface area contributed by atoms with Crippen molar-refractivity contribution in [2.45, 2.75) is 26.7 Å². The number of hydrogen-bond acceptors (Lipinski definition) is 3. The second-order valence-electron chi connectivity index (χ2n) is 6.46. The Morgan fingerprint density at radius 2 is 1.64 bits per heavy atom. The van der Waals surface area contributed by atoms with Gasteiger partial charge in [0, 0.05) is 28.4 Å². The molecule has 2 amide bonds. The summed E-state index contributed by atoms with van der Waals surface area (Å²) in [7, 11) is 0. The topological polar surface area (TPSA) is 71.3 Å². The molecule has 0 bridgehead atoms. The first-order valence-corrected chi connectivity index (χ1v) is 9.41. The molecule has 2 aromatic carbocycles. The summed E-state index contributed by atoms with van der Waals surface area (Å²) in [5.41, 5.74) is 3.08. The van der Waals surface area contributed by atoms with Gasteiger partial charge < -0.3 is 15.1 Å². The number of benzene rings is 2. The molecule has 28 heavy (non-hydrogen) atoms. The van der Waals surface area contributed by atoms with Crippen LogP contribution < -0.4 is 10.6 Å². The molecule has 144 valence electrons. The van der Waals surface area contributed by atoms with Gasteiger partial charge in [-0.15, -0.1) is 0 Å². The van der Waals surface area contributed by atoms with Crippen molar-refractivity contribution in [3.05, 3.63) is 70.9 Å². The number of nitrogens with one attached hydrogen (secondary N) is 2. The number of carbonyl (C=O) groups excluding carboxylic acids is 2. The lowest BCUT2D eigenvalue weighted by molar-refractivity contribution is -0.116. The summed E-state index contributed by atoms with van der Waals surface area (Å²) >= 11 is 6.15. The van der Waals surface area contributed by atoms with E-state index in [0.717, 1.165) is 17.5 Å². The largest absolute Gasteiger partial charge is 0.451 e. The third kappa shape index (κ3) is 4.81. The Morgan fingerprint density at radius 3 is 2.29 bits per heavy atom. The summed E-state index contributed by atoms with van der Waals surface area (Å²) in [6, 6.07) is 15.9. The quantitative estimate of drug-likeness (QED) is 0.544. The zero-order valence-electron chi connectivity index (χ0n) is 15.7. The standard InChI is InChI=1S/C22H21ClN2O3/c1-3-4-21(26)24-16-7-9-17(10-8-16)25-22(27)20-12-11-19(28-20)15-6-5-14(2)18(23)13-15/h5-13H,3-4H2,1-2H3,(H,24,26)(H,25,27). The second kappa shape index (κ2) is 8.76. The van der Waals surface area contributed by atoms with Gasteiger partial charge in [0.15, 0.2) is 5.76 Å². The molecule has 0 spiro atoms. The van der Waals surface area contributed by atoms with Crippen LogP contribution in [0, 0.1) is 6.92 Å². The van der Waals surface area contributed by atoms with Gasteiger partial charge in [-0.1, -0.05) is 30.7 Å². The lowest BCUT2D eigenvalue weighted by atomic mass is 10.1. The minimum atomic E-state index is -0.354. The fraction of sp³-hybridized carbons (Fsp3) is 0.182.